The minimum Gasteiger partial charge on any atom is -0.395 e. The number of hydrogen-bond donors (Lipinski definition) is 3. The van der Waals surface area contributed by atoms with Gasteiger partial charge in [0.15, 0.2) is 0 Å². The largest absolute Gasteiger partial charge is 0.395 e. The second-order valence-electron chi connectivity index (χ2n) is 3.72. The van der Waals surface area contributed by atoms with Gasteiger partial charge in [-0.15, -0.1) is 0 Å². The van der Waals surface area contributed by atoms with Crippen LogP contribution >= 0.6 is 15.9 Å². The molecule has 0 aliphatic rings. The van der Waals surface area contributed by atoms with Crippen molar-refractivity contribution in [2.75, 3.05) is 13.2 Å². The zero-order valence-electron chi connectivity index (χ0n) is 9.37. The molecule has 2 aromatic rings. The van der Waals surface area contributed by atoms with Crippen LogP contribution in [0.5, 0.6) is 0 Å². The summed E-state index contributed by atoms with van der Waals surface area (Å²) in [4.78, 5) is 26.0. The number of fused-ring (bicyclic) bond motifs is 1. The lowest BCUT2D eigenvalue weighted by Crippen LogP contribution is -2.27. The van der Waals surface area contributed by atoms with Gasteiger partial charge in [-0.2, -0.15) is 0 Å². The number of aromatic nitrogens is 1. The van der Waals surface area contributed by atoms with Crippen molar-refractivity contribution in [3.05, 3.63) is 44.7 Å². The molecule has 0 saturated carbocycles. The molecule has 0 aliphatic heterocycles. The van der Waals surface area contributed by atoms with Crippen LogP contribution in [0.25, 0.3) is 10.9 Å². The SMILES string of the molecule is O=C(NCCO)c1cc(=O)[nH]c2ccc(Br)cc12. The highest BCUT2D eigenvalue weighted by atomic mass is 79.9. The van der Waals surface area contributed by atoms with E-state index in [9.17, 15) is 9.59 Å². The number of halogens is 1. The predicted molar refractivity (Wildman–Crippen MR) is 71.7 cm³/mol. The topological polar surface area (TPSA) is 82.2 Å². The monoisotopic (exact) mass is 310 g/mol. The number of H-pyrrole nitrogens is 1. The summed E-state index contributed by atoms with van der Waals surface area (Å²) in [6, 6.07) is 6.53. The molecule has 0 atom stereocenters. The fourth-order valence-corrected chi connectivity index (χ4v) is 2.04. The fraction of sp³-hybridized carbons (Fsp3) is 0.167. The summed E-state index contributed by atoms with van der Waals surface area (Å²) in [5.41, 5.74) is 0.558. The molecule has 1 amide bonds. The lowest BCUT2D eigenvalue weighted by atomic mass is 10.1. The second-order valence-corrected chi connectivity index (χ2v) is 4.63. The number of hydrogen-bond acceptors (Lipinski definition) is 3. The van der Waals surface area contributed by atoms with Crippen LogP contribution in [0.15, 0.2) is 33.5 Å². The second kappa shape index (κ2) is 5.32. The Morgan fingerprint density at radius 3 is 2.89 bits per heavy atom. The zero-order valence-corrected chi connectivity index (χ0v) is 11.0. The molecular formula is C12H11BrN2O3. The quantitative estimate of drug-likeness (QED) is 0.791. The standard InChI is InChI=1S/C12H11BrN2O3/c13-7-1-2-10-8(5-7)9(6-11(17)15-10)12(18)14-3-4-16/h1-2,5-6,16H,3-4H2,(H,14,18)(H,15,17). The van der Waals surface area contributed by atoms with E-state index in [0.29, 0.717) is 16.5 Å². The molecular weight excluding hydrogens is 300 g/mol. The molecule has 1 aromatic heterocycles. The number of amides is 1. The molecule has 2 rings (SSSR count). The number of pyridine rings is 1. The Hall–Kier alpha value is -1.66. The first-order valence-corrected chi connectivity index (χ1v) is 6.13. The molecule has 0 aliphatic carbocycles. The van der Waals surface area contributed by atoms with Gasteiger partial charge in [-0.05, 0) is 18.2 Å². The van der Waals surface area contributed by atoms with Crippen LogP contribution in [0.1, 0.15) is 10.4 Å². The lowest BCUT2D eigenvalue weighted by Gasteiger charge is -2.07. The maximum absolute atomic E-state index is 11.9. The molecule has 6 heteroatoms. The van der Waals surface area contributed by atoms with Crippen molar-refractivity contribution in [2.24, 2.45) is 0 Å². The summed E-state index contributed by atoms with van der Waals surface area (Å²) >= 11 is 3.32. The van der Waals surface area contributed by atoms with Gasteiger partial charge in [0.25, 0.3) is 5.91 Å². The van der Waals surface area contributed by atoms with Crippen LogP contribution in [0.2, 0.25) is 0 Å². The highest BCUT2D eigenvalue weighted by Gasteiger charge is 2.11. The number of aliphatic hydroxyl groups is 1. The van der Waals surface area contributed by atoms with Crippen molar-refractivity contribution in [3.63, 3.8) is 0 Å². The Labute approximate surface area is 111 Å². The van der Waals surface area contributed by atoms with E-state index in [1.54, 1.807) is 18.2 Å². The summed E-state index contributed by atoms with van der Waals surface area (Å²) in [5, 5.41) is 11.9. The first-order chi connectivity index (χ1) is 8.61. The van der Waals surface area contributed by atoms with Crippen LogP contribution in [-0.2, 0) is 0 Å². The Morgan fingerprint density at radius 1 is 1.39 bits per heavy atom. The van der Waals surface area contributed by atoms with Crippen molar-refractivity contribution < 1.29 is 9.90 Å². The summed E-state index contributed by atoms with van der Waals surface area (Å²) in [5.74, 6) is -0.377. The Balaban J connectivity index is 2.57. The molecule has 0 saturated heterocycles. The maximum Gasteiger partial charge on any atom is 0.252 e. The van der Waals surface area contributed by atoms with E-state index in [1.165, 1.54) is 6.07 Å². The number of rotatable bonds is 3. The van der Waals surface area contributed by atoms with Crippen LogP contribution in [0.4, 0.5) is 0 Å². The van der Waals surface area contributed by atoms with Gasteiger partial charge in [-0.3, -0.25) is 9.59 Å². The van der Waals surface area contributed by atoms with Crippen LogP contribution in [0.3, 0.4) is 0 Å². The highest BCUT2D eigenvalue weighted by Crippen LogP contribution is 2.20. The fourth-order valence-electron chi connectivity index (χ4n) is 1.68. The molecule has 18 heavy (non-hydrogen) atoms. The van der Waals surface area contributed by atoms with Gasteiger partial charge in [0, 0.05) is 28.0 Å². The van der Waals surface area contributed by atoms with Crippen molar-refractivity contribution in [1.29, 1.82) is 0 Å². The highest BCUT2D eigenvalue weighted by molar-refractivity contribution is 9.10. The molecule has 0 spiro atoms. The average molecular weight is 311 g/mol. The van der Waals surface area contributed by atoms with E-state index in [2.05, 4.69) is 26.2 Å². The Morgan fingerprint density at radius 2 is 2.17 bits per heavy atom. The Kier molecular flexibility index (Phi) is 3.78. The van der Waals surface area contributed by atoms with E-state index in [0.717, 1.165) is 4.47 Å². The summed E-state index contributed by atoms with van der Waals surface area (Å²) in [7, 11) is 0. The number of aliphatic hydroxyl groups excluding tert-OH is 1. The molecule has 0 bridgehead atoms. The summed E-state index contributed by atoms with van der Waals surface area (Å²) in [6.07, 6.45) is 0. The summed E-state index contributed by atoms with van der Waals surface area (Å²) < 4.78 is 0.818. The van der Waals surface area contributed by atoms with Crippen molar-refractivity contribution in [2.45, 2.75) is 0 Å². The van der Waals surface area contributed by atoms with Crippen molar-refractivity contribution in [1.82, 2.24) is 10.3 Å². The normalized spacial score (nSPS) is 10.6. The number of nitrogens with one attached hydrogen (secondary N) is 2. The molecule has 94 valence electrons. The minimum absolute atomic E-state index is 0.142. The molecule has 0 unspecified atom stereocenters. The molecule has 0 fully saturated rings. The van der Waals surface area contributed by atoms with E-state index in [1.807, 2.05) is 0 Å². The van der Waals surface area contributed by atoms with Gasteiger partial charge in [-0.25, -0.2) is 0 Å². The van der Waals surface area contributed by atoms with Gasteiger partial charge in [0.05, 0.1) is 12.2 Å². The van der Waals surface area contributed by atoms with Gasteiger partial charge in [-0.1, -0.05) is 15.9 Å². The third-order valence-electron chi connectivity index (χ3n) is 2.45. The summed E-state index contributed by atoms with van der Waals surface area (Å²) in [6.45, 7) is 0.0116. The minimum atomic E-state index is -0.377. The molecule has 3 N–H and O–H groups in total. The molecule has 5 nitrogen and oxygen atoms in total. The number of aromatic amines is 1. The van der Waals surface area contributed by atoms with Crippen molar-refractivity contribution in [3.8, 4) is 0 Å². The third-order valence-corrected chi connectivity index (χ3v) is 2.94. The lowest BCUT2D eigenvalue weighted by molar-refractivity contribution is 0.0946. The van der Waals surface area contributed by atoms with E-state index < -0.39 is 0 Å². The molecule has 1 heterocycles. The van der Waals surface area contributed by atoms with Gasteiger partial charge >= 0.3 is 0 Å². The first kappa shape index (κ1) is 12.8. The Bertz CT molecular complexity index is 651. The van der Waals surface area contributed by atoms with Crippen molar-refractivity contribution >= 4 is 32.7 Å². The third kappa shape index (κ3) is 2.60. The molecule has 0 radical (unpaired) electrons. The average Bonchev–Trinajstić information content (AvgIpc) is 2.35. The maximum atomic E-state index is 11.9. The van der Waals surface area contributed by atoms with Gasteiger partial charge < -0.3 is 15.4 Å². The zero-order chi connectivity index (χ0) is 13.1. The van der Waals surface area contributed by atoms with Crippen LogP contribution in [0, 0.1) is 0 Å². The van der Waals surface area contributed by atoms with Crippen LogP contribution in [-0.4, -0.2) is 29.1 Å². The predicted octanol–water partition coefficient (Wildman–Crippen LogP) is 1.01. The first-order valence-electron chi connectivity index (χ1n) is 5.33. The van der Waals surface area contributed by atoms with E-state index in [4.69, 9.17) is 5.11 Å². The smallest absolute Gasteiger partial charge is 0.252 e. The van der Waals surface area contributed by atoms with E-state index in [-0.39, 0.29) is 24.6 Å². The molecule has 1 aromatic carbocycles. The number of carbonyl (C=O) groups excluding carboxylic acids is 1. The number of carbonyl (C=O) groups is 1. The van der Waals surface area contributed by atoms with E-state index >= 15 is 0 Å². The van der Waals surface area contributed by atoms with Gasteiger partial charge in [0.2, 0.25) is 5.56 Å². The van der Waals surface area contributed by atoms with Crippen LogP contribution < -0.4 is 10.9 Å². The number of benzene rings is 1. The van der Waals surface area contributed by atoms with Gasteiger partial charge in [0.1, 0.15) is 0 Å².